The van der Waals surface area contributed by atoms with Crippen molar-refractivity contribution in [2.45, 2.75) is 6.42 Å². The number of nitrogens with zero attached hydrogens (tertiary/aromatic N) is 1. The fourth-order valence-corrected chi connectivity index (χ4v) is 1.82. The lowest BCUT2D eigenvalue weighted by Crippen LogP contribution is -2.50. The minimum atomic E-state index is -0.414. The van der Waals surface area contributed by atoms with E-state index in [-0.39, 0.29) is 11.8 Å². The van der Waals surface area contributed by atoms with Crippen LogP contribution in [0.2, 0.25) is 0 Å². The van der Waals surface area contributed by atoms with Crippen molar-refractivity contribution in [3.05, 3.63) is 0 Å². The molecule has 5 nitrogen and oxygen atoms in total. The maximum Gasteiger partial charge on any atom is 0.318 e. The number of cyclic esters (lactones) is 2. The maximum atomic E-state index is 11.2. The van der Waals surface area contributed by atoms with Crippen LogP contribution < -0.4 is 0 Å². The van der Waals surface area contributed by atoms with Crippen LogP contribution in [0, 0.1) is 11.8 Å². The molecule has 0 saturated carbocycles. The van der Waals surface area contributed by atoms with Crippen molar-refractivity contribution >= 4 is 11.9 Å². The van der Waals surface area contributed by atoms with Crippen LogP contribution in [0.4, 0.5) is 0 Å². The van der Waals surface area contributed by atoms with Gasteiger partial charge < -0.3 is 9.57 Å². The van der Waals surface area contributed by atoms with Crippen molar-refractivity contribution in [3.8, 4) is 0 Å². The average molecular weight is 185 g/mol. The van der Waals surface area contributed by atoms with Gasteiger partial charge in [0.05, 0.1) is 18.9 Å². The van der Waals surface area contributed by atoms with Gasteiger partial charge in [0.25, 0.3) is 0 Å². The lowest BCUT2D eigenvalue weighted by atomic mass is 9.88. The predicted octanol–water partition coefficient (Wildman–Crippen LogP) is -0.431. The van der Waals surface area contributed by atoms with Gasteiger partial charge in [-0.15, -0.1) is 0 Å². The number of fused-ring (bicyclic) bond motifs is 2. The summed E-state index contributed by atoms with van der Waals surface area (Å²) >= 11 is 0. The van der Waals surface area contributed by atoms with Gasteiger partial charge in [-0.05, 0) is 6.42 Å². The van der Waals surface area contributed by atoms with Crippen LogP contribution in [0.25, 0.3) is 0 Å². The first-order valence-electron chi connectivity index (χ1n) is 4.25. The second-order valence-electron chi connectivity index (χ2n) is 3.40. The van der Waals surface area contributed by atoms with Crippen molar-refractivity contribution in [2.75, 3.05) is 20.2 Å². The zero-order valence-corrected chi connectivity index (χ0v) is 7.36. The average Bonchev–Trinajstić information content (AvgIpc) is 2.15. The van der Waals surface area contributed by atoms with Crippen LogP contribution in [-0.4, -0.2) is 37.2 Å². The molecular weight excluding hydrogens is 174 g/mol. The normalized spacial score (nSPS) is 34.5. The van der Waals surface area contributed by atoms with Gasteiger partial charge in [0.2, 0.25) is 0 Å². The Morgan fingerprint density at radius 1 is 1.31 bits per heavy atom. The Morgan fingerprint density at radius 3 is 2.31 bits per heavy atom. The Morgan fingerprint density at radius 2 is 1.85 bits per heavy atom. The first kappa shape index (κ1) is 8.65. The predicted molar refractivity (Wildman–Crippen MR) is 41.3 cm³/mol. The molecule has 13 heavy (non-hydrogen) atoms. The van der Waals surface area contributed by atoms with Gasteiger partial charge in [-0.3, -0.25) is 9.59 Å². The summed E-state index contributed by atoms with van der Waals surface area (Å²) < 4.78 is 4.59. The lowest BCUT2D eigenvalue weighted by Gasteiger charge is -2.36. The molecular formula is C8H11NO4. The van der Waals surface area contributed by atoms with E-state index in [1.807, 2.05) is 0 Å². The molecule has 2 fully saturated rings. The second-order valence-corrected chi connectivity index (χ2v) is 3.40. The minimum Gasteiger partial charge on any atom is -0.393 e. The van der Waals surface area contributed by atoms with Crippen molar-refractivity contribution in [1.29, 1.82) is 0 Å². The van der Waals surface area contributed by atoms with E-state index >= 15 is 0 Å². The molecule has 0 aliphatic carbocycles. The van der Waals surface area contributed by atoms with Crippen molar-refractivity contribution in [1.82, 2.24) is 5.06 Å². The summed E-state index contributed by atoms with van der Waals surface area (Å²) in [5.41, 5.74) is 0. The highest BCUT2D eigenvalue weighted by molar-refractivity contribution is 5.91. The minimum absolute atomic E-state index is 0.198. The molecule has 2 bridgehead atoms. The summed E-state index contributed by atoms with van der Waals surface area (Å²) in [5, 5.41) is 1.64. The highest BCUT2D eigenvalue weighted by Crippen LogP contribution is 2.28. The van der Waals surface area contributed by atoms with E-state index in [2.05, 4.69) is 4.74 Å². The summed E-state index contributed by atoms with van der Waals surface area (Å²) in [6.45, 7) is 1.05. The third-order valence-electron chi connectivity index (χ3n) is 2.54. The van der Waals surface area contributed by atoms with Crippen LogP contribution >= 0.6 is 0 Å². The monoisotopic (exact) mass is 185 g/mol. The molecule has 0 spiro atoms. The number of rotatable bonds is 1. The molecule has 72 valence electrons. The quantitative estimate of drug-likeness (QED) is 0.410. The summed E-state index contributed by atoms with van der Waals surface area (Å²) in [6.07, 6.45) is 0.609. The molecule has 0 aromatic carbocycles. The largest absolute Gasteiger partial charge is 0.393 e. The van der Waals surface area contributed by atoms with Crippen molar-refractivity contribution < 1.29 is 19.2 Å². The molecule has 2 saturated heterocycles. The van der Waals surface area contributed by atoms with Gasteiger partial charge in [0.1, 0.15) is 0 Å². The van der Waals surface area contributed by atoms with Crippen LogP contribution in [0.3, 0.4) is 0 Å². The molecule has 0 aromatic rings. The number of carbonyl (C=O) groups is 2. The van der Waals surface area contributed by atoms with E-state index < -0.39 is 11.9 Å². The van der Waals surface area contributed by atoms with Gasteiger partial charge in [0.15, 0.2) is 0 Å². The van der Waals surface area contributed by atoms with E-state index in [1.165, 1.54) is 7.11 Å². The summed E-state index contributed by atoms with van der Waals surface area (Å²) in [5.74, 6) is -1.22. The standard InChI is InChI=1S/C8H11NO4/c1-12-9-3-5-2-6(4-9)8(11)13-7(5)10/h5-6H,2-4H2,1H3. The highest BCUT2D eigenvalue weighted by atomic mass is 16.7. The molecule has 0 aromatic heterocycles. The van der Waals surface area contributed by atoms with Crippen LogP contribution in [0.15, 0.2) is 0 Å². The summed E-state index contributed by atoms with van der Waals surface area (Å²) in [4.78, 5) is 27.3. The zero-order valence-electron chi connectivity index (χ0n) is 7.36. The Bertz CT molecular complexity index is 231. The highest BCUT2D eigenvalue weighted by Gasteiger charge is 2.42. The number of hydrogen-bond donors (Lipinski definition) is 0. The lowest BCUT2D eigenvalue weighted by molar-refractivity contribution is -0.203. The van der Waals surface area contributed by atoms with Crippen LogP contribution in [0.5, 0.6) is 0 Å². The van der Waals surface area contributed by atoms with Crippen LogP contribution in [-0.2, 0) is 19.2 Å². The topological polar surface area (TPSA) is 55.8 Å². The Hall–Kier alpha value is -0.940. The van der Waals surface area contributed by atoms with Gasteiger partial charge in [0, 0.05) is 13.1 Å². The number of piperidine rings is 1. The van der Waals surface area contributed by atoms with E-state index in [0.29, 0.717) is 19.5 Å². The number of hydroxylamine groups is 2. The van der Waals surface area contributed by atoms with Crippen LogP contribution in [0.1, 0.15) is 6.42 Å². The number of esters is 2. The van der Waals surface area contributed by atoms with Gasteiger partial charge in [-0.2, -0.15) is 5.06 Å². The van der Waals surface area contributed by atoms with E-state index in [1.54, 1.807) is 5.06 Å². The van der Waals surface area contributed by atoms with Gasteiger partial charge in [-0.1, -0.05) is 0 Å². The maximum absolute atomic E-state index is 11.2. The molecule has 2 heterocycles. The number of ether oxygens (including phenoxy) is 1. The van der Waals surface area contributed by atoms with E-state index in [4.69, 9.17) is 4.84 Å². The van der Waals surface area contributed by atoms with Crippen molar-refractivity contribution in [3.63, 3.8) is 0 Å². The SMILES string of the molecule is CON1CC2CC(C1)C(=O)OC2=O. The molecule has 2 aliphatic heterocycles. The third-order valence-corrected chi connectivity index (χ3v) is 2.54. The van der Waals surface area contributed by atoms with E-state index in [0.717, 1.165) is 0 Å². The fourth-order valence-electron chi connectivity index (χ4n) is 1.82. The first-order valence-corrected chi connectivity index (χ1v) is 4.25. The molecule has 2 unspecified atom stereocenters. The molecule has 2 aliphatic rings. The third kappa shape index (κ3) is 1.45. The Labute approximate surface area is 75.5 Å². The zero-order chi connectivity index (χ0) is 9.42. The Balaban J connectivity index is 2.13. The molecule has 2 rings (SSSR count). The summed E-state index contributed by atoms with van der Waals surface area (Å²) in [7, 11) is 1.54. The molecule has 0 amide bonds. The molecule has 5 heteroatoms. The van der Waals surface area contributed by atoms with E-state index in [9.17, 15) is 9.59 Å². The smallest absolute Gasteiger partial charge is 0.318 e. The number of carbonyl (C=O) groups excluding carboxylic acids is 2. The first-order chi connectivity index (χ1) is 6.20. The molecule has 0 radical (unpaired) electrons. The molecule has 0 N–H and O–H groups in total. The fraction of sp³-hybridized carbons (Fsp3) is 0.750. The Kier molecular flexibility index (Phi) is 2.05. The van der Waals surface area contributed by atoms with Crippen molar-refractivity contribution in [2.24, 2.45) is 11.8 Å². The van der Waals surface area contributed by atoms with Gasteiger partial charge >= 0.3 is 11.9 Å². The van der Waals surface area contributed by atoms with Gasteiger partial charge in [-0.25, -0.2) is 0 Å². The second kappa shape index (κ2) is 3.08. The number of hydrogen-bond acceptors (Lipinski definition) is 5. The summed E-state index contributed by atoms with van der Waals surface area (Å²) in [6, 6.07) is 0. The molecule has 2 atom stereocenters.